The minimum Gasteiger partial charge on any atom is -0.406 e. The highest BCUT2D eigenvalue weighted by molar-refractivity contribution is 5.79. The Bertz CT molecular complexity index is 586. The zero-order chi connectivity index (χ0) is 17.9. The molecule has 1 unspecified atom stereocenters. The van der Waals surface area contributed by atoms with Crippen LogP contribution in [0.15, 0.2) is 24.3 Å². The smallest absolute Gasteiger partial charge is 0.406 e. The summed E-state index contributed by atoms with van der Waals surface area (Å²) in [5.41, 5.74) is 0.685. The molecular formula is C17H22F3N3O2. The van der Waals surface area contributed by atoms with Gasteiger partial charge in [0.2, 0.25) is 5.91 Å². The molecule has 2 saturated heterocycles. The summed E-state index contributed by atoms with van der Waals surface area (Å²) in [6.45, 7) is 5.45. The standard InChI is InChI=1S/C17H22F3N3O2/c18-17(19,20)25-15-3-1-13(2-4-15)11-16(24)23-8-5-14(12-23)22-9-6-21-7-10-22/h1-4,14,21H,5-12H2. The van der Waals surface area contributed by atoms with E-state index >= 15 is 0 Å². The summed E-state index contributed by atoms with van der Waals surface area (Å²) in [6.07, 6.45) is -3.53. The summed E-state index contributed by atoms with van der Waals surface area (Å²) in [5, 5.41) is 3.32. The fourth-order valence-corrected chi connectivity index (χ4v) is 3.41. The van der Waals surface area contributed by atoms with Gasteiger partial charge >= 0.3 is 6.36 Å². The lowest BCUT2D eigenvalue weighted by Crippen LogP contribution is -2.49. The van der Waals surface area contributed by atoms with Gasteiger partial charge in [-0.3, -0.25) is 9.69 Å². The molecule has 2 fully saturated rings. The van der Waals surface area contributed by atoms with Crippen molar-refractivity contribution < 1.29 is 22.7 Å². The van der Waals surface area contributed by atoms with Crippen molar-refractivity contribution in [1.82, 2.24) is 15.1 Å². The highest BCUT2D eigenvalue weighted by Gasteiger charge is 2.32. The lowest BCUT2D eigenvalue weighted by Gasteiger charge is -2.32. The SMILES string of the molecule is O=C(Cc1ccc(OC(F)(F)F)cc1)N1CCC(N2CCNCC2)C1. The molecular weight excluding hydrogens is 335 g/mol. The topological polar surface area (TPSA) is 44.8 Å². The summed E-state index contributed by atoms with van der Waals surface area (Å²) in [4.78, 5) is 16.7. The van der Waals surface area contributed by atoms with Crippen molar-refractivity contribution in [2.45, 2.75) is 25.2 Å². The molecule has 2 aliphatic heterocycles. The molecule has 1 N–H and O–H groups in total. The number of nitrogens with one attached hydrogen (secondary N) is 1. The first-order chi connectivity index (χ1) is 11.9. The number of piperazine rings is 1. The van der Waals surface area contributed by atoms with Gasteiger partial charge in [0, 0.05) is 45.3 Å². The Kier molecular flexibility index (Phi) is 5.48. The molecule has 3 rings (SSSR count). The third kappa shape index (κ3) is 5.09. The van der Waals surface area contributed by atoms with E-state index in [1.54, 1.807) is 0 Å². The summed E-state index contributed by atoms with van der Waals surface area (Å²) in [5.74, 6) is -0.259. The molecule has 1 atom stereocenters. The van der Waals surface area contributed by atoms with Crippen LogP contribution in [0.2, 0.25) is 0 Å². The van der Waals surface area contributed by atoms with Crippen molar-refractivity contribution in [3.05, 3.63) is 29.8 Å². The molecule has 1 amide bonds. The predicted octanol–water partition coefficient (Wildman–Crippen LogP) is 1.63. The Balaban J connectivity index is 1.50. The summed E-state index contributed by atoms with van der Waals surface area (Å²) in [6, 6.07) is 5.90. The Hall–Kier alpha value is -1.80. The minimum absolute atomic E-state index is 0.0159. The van der Waals surface area contributed by atoms with Crippen LogP contribution in [0.3, 0.4) is 0 Å². The van der Waals surface area contributed by atoms with Crippen LogP contribution in [0.1, 0.15) is 12.0 Å². The quantitative estimate of drug-likeness (QED) is 0.890. The maximum absolute atomic E-state index is 12.4. The molecule has 138 valence electrons. The number of amides is 1. The second-order valence-corrected chi connectivity index (χ2v) is 6.44. The molecule has 8 heteroatoms. The van der Waals surface area contributed by atoms with Crippen molar-refractivity contribution in [2.24, 2.45) is 0 Å². The van der Waals surface area contributed by atoms with Crippen LogP contribution in [0.25, 0.3) is 0 Å². The third-order valence-corrected chi connectivity index (χ3v) is 4.70. The highest BCUT2D eigenvalue weighted by atomic mass is 19.4. The summed E-state index contributed by atoms with van der Waals surface area (Å²) < 4.78 is 40.3. The van der Waals surface area contributed by atoms with Crippen LogP contribution in [0, 0.1) is 0 Å². The number of alkyl halides is 3. The van der Waals surface area contributed by atoms with Gasteiger partial charge in [-0.25, -0.2) is 0 Å². The molecule has 0 saturated carbocycles. The Morgan fingerprint density at radius 1 is 1.16 bits per heavy atom. The van der Waals surface area contributed by atoms with E-state index in [0.717, 1.165) is 45.7 Å². The zero-order valence-electron chi connectivity index (χ0n) is 13.9. The second-order valence-electron chi connectivity index (χ2n) is 6.44. The number of rotatable bonds is 4. The largest absolute Gasteiger partial charge is 0.573 e. The van der Waals surface area contributed by atoms with Gasteiger partial charge in [0.05, 0.1) is 6.42 Å². The van der Waals surface area contributed by atoms with Gasteiger partial charge < -0.3 is 15.0 Å². The first-order valence-electron chi connectivity index (χ1n) is 8.48. The maximum atomic E-state index is 12.4. The molecule has 0 aliphatic carbocycles. The average molecular weight is 357 g/mol. The normalized spacial score (nSPS) is 22.2. The molecule has 2 heterocycles. The van der Waals surface area contributed by atoms with Gasteiger partial charge in [-0.15, -0.1) is 13.2 Å². The molecule has 0 bridgehead atoms. The molecule has 5 nitrogen and oxygen atoms in total. The molecule has 1 aromatic rings. The molecule has 0 radical (unpaired) electrons. The number of halogens is 3. The molecule has 0 aromatic heterocycles. The van der Waals surface area contributed by atoms with Crippen molar-refractivity contribution in [3.8, 4) is 5.75 Å². The number of ether oxygens (including phenoxy) is 1. The van der Waals surface area contributed by atoms with E-state index in [0.29, 0.717) is 11.6 Å². The lowest BCUT2D eigenvalue weighted by molar-refractivity contribution is -0.274. The van der Waals surface area contributed by atoms with Crippen LogP contribution >= 0.6 is 0 Å². The minimum atomic E-state index is -4.70. The van der Waals surface area contributed by atoms with E-state index in [9.17, 15) is 18.0 Å². The van der Waals surface area contributed by atoms with Gasteiger partial charge in [0.25, 0.3) is 0 Å². The van der Waals surface area contributed by atoms with Crippen LogP contribution in [-0.4, -0.2) is 67.4 Å². The number of carbonyl (C=O) groups is 1. The number of hydrogen-bond acceptors (Lipinski definition) is 4. The summed E-state index contributed by atoms with van der Waals surface area (Å²) >= 11 is 0. The van der Waals surface area contributed by atoms with Crippen molar-refractivity contribution >= 4 is 5.91 Å². The second kappa shape index (κ2) is 7.61. The van der Waals surface area contributed by atoms with E-state index in [2.05, 4.69) is 15.0 Å². The zero-order valence-corrected chi connectivity index (χ0v) is 13.9. The Morgan fingerprint density at radius 3 is 2.48 bits per heavy atom. The van der Waals surface area contributed by atoms with Gasteiger partial charge in [-0.05, 0) is 24.1 Å². The maximum Gasteiger partial charge on any atom is 0.573 e. The fraction of sp³-hybridized carbons (Fsp3) is 0.588. The van der Waals surface area contributed by atoms with Crippen molar-refractivity contribution in [3.63, 3.8) is 0 Å². The number of benzene rings is 1. The molecule has 0 spiro atoms. The predicted molar refractivity (Wildman–Crippen MR) is 86.3 cm³/mol. The van der Waals surface area contributed by atoms with Crippen LogP contribution in [0.5, 0.6) is 5.75 Å². The molecule has 25 heavy (non-hydrogen) atoms. The van der Waals surface area contributed by atoms with E-state index in [1.165, 1.54) is 24.3 Å². The van der Waals surface area contributed by atoms with Crippen molar-refractivity contribution in [2.75, 3.05) is 39.3 Å². The van der Waals surface area contributed by atoms with Crippen molar-refractivity contribution in [1.29, 1.82) is 0 Å². The highest BCUT2D eigenvalue weighted by Crippen LogP contribution is 2.23. The van der Waals surface area contributed by atoms with E-state index < -0.39 is 6.36 Å². The van der Waals surface area contributed by atoms with E-state index in [1.807, 2.05) is 4.90 Å². The average Bonchev–Trinajstić information content (AvgIpc) is 3.06. The lowest BCUT2D eigenvalue weighted by atomic mass is 10.1. The van der Waals surface area contributed by atoms with Gasteiger partial charge in [-0.1, -0.05) is 12.1 Å². The Labute approximate surface area is 144 Å². The summed E-state index contributed by atoms with van der Waals surface area (Å²) in [7, 11) is 0. The van der Waals surface area contributed by atoms with Crippen LogP contribution < -0.4 is 10.1 Å². The number of nitrogens with zero attached hydrogens (tertiary/aromatic N) is 2. The first-order valence-corrected chi connectivity index (χ1v) is 8.48. The van der Waals surface area contributed by atoms with Crippen LogP contribution in [0.4, 0.5) is 13.2 Å². The van der Waals surface area contributed by atoms with E-state index in [-0.39, 0.29) is 18.1 Å². The third-order valence-electron chi connectivity index (χ3n) is 4.70. The number of hydrogen-bond donors (Lipinski definition) is 1. The van der Waals surface area contributed by atoms with Gasteiger partial charge in [0.1, 0.15) is 5.75 Å². The first kappa shape index (κ1) is 18.0. The Morgan fingerprint density at radius 2 is 1.84 bits per heavy atom. The van der Waals surface area contributed by atoms with Crippen LogP contribution in [-0.2, 0) is 11.2 Å². The van der Waals surface area contributed by atoms with Gasteiger partial charge in [-0.2, -0.15) is 0 Å². The van der Waals surface area contributed by atoms with E-state index in [4.69, 9.17) is 0 Å². The number of likely N-dealkylation sites (tertiary alicyclic amines) is 1. The monoisotopic (exact) mass is 357 g/mol. The molecule has 1 aromatic carbocycles. The number of carbonyl (C=O) groups excluding carboxylic acids is 1. The molecule has 2 aliphatic rings. The fourth-order valence-electron chi connectivity index (χ4n) is 3.41. The van der Waals surface area contributed by atoms with Gasteiger partial charge in [0.15, 0.2) is 0 Å².